The van der Waals surface area contributed by atoms with Crippen LogP contribution in [0, 0.1) is 5.92 Å². The van der Waals surface area contributed by atoms with Crippen molar-refractivity contribution in [3.63, 3.8) is 0 Å². The Labute approximate surface area is 143 Å². The molecule has 1 aliphatic rings. The van der Waals surface area contributed by atoms with Gasteiger partial charge in [0.1, 0.15) is 0 Å². The molecule has 5 nitrogen and oxygen atoms in total. The van der Waals surface area contributed by atoms with Crippen LogP contribution in [0.25, 0.3) is 0 Å². The third kappa shape index (κ3) is 4.91. The highest BCUT2D eigenvalue weighted by molar-refractivity contribution is 5.76. The van der Waals surface area contributed by atoms with Crippen molar-refractivity contribution >= 4 is 5.91 Å². The lowest BCUT2D eigenvalue weighted by Crippen LogP contribution is -2.32. The smallest absolute Gasteiger partial charge is 0.220 e. The molecule has 1 amide bonds. The summed E-state index contributed by atoms with van der Waals surface area (Å²) in [5.74, 6) is 0.856. The normalized spacial score (nSPS) is 16.7. The van der Waals surface area contributed by atoms with Gasteiger partial charge in [0, 0.05) is 6.42 Å². The minimum Gasteiger partial charge on any atom is -0.347 e. The number of benzene rings is 1. The SMILES string of the molecule is O=C(CCC1CCCCC1)NC(Cn1nccn1)c1ccccc1. The monoisotopic (exact) mass is 326 g/mol. The molecule has 1 fully saturated rings. The molecule has 1 aromatic carbocycles. The molecule has 1 atom stereocenters. The summed E-state index contributed by atoms with van der Waals surface area (Å²) in [6.07, 6.45) is 11.5. The third-order valence-electron chi connectivity index (χ3n) is 4.85. The van der Waals surface area contributed by atoms with Gasteiger partial charge in [-0.05, 0) is 17.9 Å². The van der Waals surface area contributed by atoms with E-state index in [9.17, 15) is 4.79 Å². The third-order valence-corrected chi connectivity index (χ3v) is 4.85. The van der Waals surface area contributed by atoms with Gasteiger partial charge in [-0.2, -0.15) is 15.0 Å². The molecule has 0 saturated heterocycles. The topological polar surface area (TPSA) is 59.8 Å². The fraction of sp³-hybridized carbons (Fsp3) is 0.526. The number of carbonyl (C=O) groups excluding carboxylic acids is 1. The average molecular weight is 326 g/mol. The van der Waals surface area contributed by atoms with Crippen LogP contribution in [0.3, 0.4) is 0 Å². The molecule has 2 aromatic rings. The molecular formula is C19H26N4O. The molecule has 1 saturated carbocycles. The van der Waals surface area contributed by atoms with E-state index in [2.05, 4.69) is 15.5 Å². The zero-order chi connectivity index (χ0) is 16.6. The number of hydrogen-bond donors (Lipinski definition) is 1. The van der Waals surface area contributed by atoms with Gasteiger partial charge in [0.15, 0.2) is 0 Å². The zero-order valence-corrected chi connectivity index (χ0v) is 14.1. The lowest BCUT2D eigenvalue weighted by atomic mass is 9.86. The van der Waals surface area contributed by atoms with Gasteiger partial charge in [0.25, 0.3) is 0 Å². The Balaban J connectivity index is 1.57. The molecule has 128 valence electrons. The first kappa shape index (κ1) is 16.7. The molecule has 5 heteroatoms. The lowest BCUT2D eigenvalue weighted by molar-refractivity contribution is -0.122. The molecule has 1 aliphatic carbocycles. The van der Waals surface area contributed by atoms with Gasteiger partial charge in [-0.1, -0.05) is 62.4 Å². The summed E-state index contributed by atoms with van der Waals surface area (Å²) in [5, 5.41) is 11.5. The molecule has 1 aromatic heterocycles. The van der Waals surface area contributed by atoms with Crippen LogP contribution in [0.15, 0.2) is 42.7 Å². The lowest BCUT2D eigenvalue weighted by Gasteiger charge is -2.22. The Bertz CT molecular complexity index is 606. The summed E-state index contributed by atoms with van der Waals surface area (Å²) < 4.78 is 0. The number of nitrogens with one attached hydrogen (secondary N) is 1. The van der Waals surface area contributed by atoms with Crippen molar-refractivity contribution in [1.29, 1.82) is 0 Å². The van der Waals surface area contributed by atoms with Crippen molar-refractivity contribution in [3.8, 4) is 0 Å². The molecule has 24 heavy (non-hydrogen) atoms. The van der Waals surface area contributed by atoms with Gasteiger partial charge in [-0.25, -0.2) is 0 Å². The first-order valence-electron chi connectivity index (χ1n) is 8.99. The predicted molar refractivity (Wildman–Crippen MR) is 93.2 cm³/mol. The van der Waals surface area contributed by atoms with Crippen LogP contribution >= 0.6 is 0 Å². The van der Waals surface area contributed by atoms with Gasteiger partial charge in [0.2, 0.25) is 5.91 Å². The van der Waals surface area contributed by atoms with E-state index in [1.54, 1.807) is 17.2 Å². The molecule has 0 aliphatic heterocycles. The minimum atomic E-state index is -0.0996. The Kier molecular flexibility index (Phi) is 5.99. The molecule has 1 N–H and O–H groups in total. The maximum Gasteiger partial charge on any atom is 0.220 e. The Morgan fingerprint density at radius 3 is 2.54 bits per heavy atom. The minimum absolute atomic E-state index is 0.0996. The van der Waals surface area contributed by atoms with E-state index in [0.29, 0.717) is 13.0 Å². The van der Waals surface area contributed by atoms with E-state index in [1.807, 2.05) is 30.3 Å². The summed E-state index contributed by atoms with van der Waals surface area (Å²) in [7, 11) is 0. The largest absolute Gasteiger partial charge is 0.347 e. The second-order valence-electron chi connectivity index (χ2n) is 6.66. The summed E-state index contributed by atoms with van der Waals surface area (Å²) >= 11 is 0. The zero-order valence-electron chi connectivity index (χ0n) is 14.1. The van der Waals surface area contributed by atoms with E-state index in [-0.39, 0.29) is 11.9 Å². The second-order valence-corrected chi connectivity index (χ2v) is 6.66. The highest BCUT2D eigenvalue weighted by atomic mass is 16.1. The molecule has 0 bridgehead atoms. The number of carbonyl (C=O) groups is 1. The quantitative estimate of drug-likeness (QED) is 0.847. The van der Waals surface area contributed by atoms with Gasteiger partial charge >= 0.3 is 0 Å². The van der Waals surface area contributed by atoms with Gasteiger partial charge in [-0.3, -0.25) is 4.79 Å². The highest BCUT2D eigenvalue weighted by Crippen LogP contribution is 2.27. The Morgan fingerprint density at radius 1 is 1.12 bits per heavy atom. The molecule has 0 spiro atoms. The van der Waals surface area contributed by atoms with Crippen LogP contribution in [-0.2, 0) is 11.3 Å². The Morgan fingerprint density at radius 2 is 1.83 bits per heavy atom. The van der Waals surface area contributed by atoms with E-state index in [0.717, 1.165) is 17.9 Å². The van der Waals surface area contributed by atoms with Gasteiger partial charge < -0.3 is 5.32 Å². The maximum absolute atomic E-state index is 12.4. The highest BCUT2D eigenvalue weighted by Gasteiger charge is 2.18. The standard InChI is InChI=1S/C19H26N4O/c24-19(12-11-16-7-3-1-4-8-16)22-18(15-23-20-13-14-21-23)17-9-5-2-6-10-17/h2,5-6,9-10,13-14,16,18H,1,3-4,7-8,11-12,15H2,(H,22,24). The van der Waals surface area contributed by atoms with Crippen LogP contribution in [0.2, 0.25) is 0 Å². The van der Waals surface area contributed by atoms with Crippen molar-refractivity contribution in [2.45, 2.75) is 57.5 Å². The fourth-order valence-electron chi connectivity index (χ4n) is 3.50. The van der Waals surface area contributed by atoms with Crippen LogP contribution in [-0.4, -0.2) is 20.9 Å². The summed E-state index contributed by atoms with van der Waals surface area (Å²) in [5.41, 5.74) is 1.08. The first-order chi connectivity index (χ1) is 11.8. The van der Waals surface area contributed by atoms with Crippen molar-refractivity contribution in [3.05, 3.63) is 48.3 Å². The van der Waals surface area contributed by atoms with Crippen molar-refractivity contribution in [1.82, 2.24) is 20.3 Å². The molecule has 3 rings (SSSR count). The predicted octanol–water partition coefficient (Wildman–Crippen LogP) is 3.50. The number of rotatable bonds is 7. The second kappa shape index (κ2) is 8.62. The number of amides is 1. The average Bonchev–Trinajstić information content (AvgIpc) is 3.14. The van der Waals surface area contributed by atoms with E-state index in [1.165, 1.54) is 32.1 Å². The van der Waals surface area contributed by atoms with Crippen molar-refractivity contribution < 1.29 is 4.79 Å². The molecular weight excluding hydrogens is 300 g/mol. The summed E-state index contributed by atoms with van der Waals surface area (Å²) in [6.45, 7) is 0.548. The van der Waals surface area contributed by atoms with Crippen LogP contribution in [0.5, 0.6) is 0 Å². The fourth-order valence-corrected chi connectivity index (χ4v) is 3.50. The molecule has 1 unspecified atom stereocenters. The number of hydrogen-bond acceptors (Lipinski definition) is 3. The van der Waals surface area contributed by atoms with Crippen molar-refractivity contribution in [2.24, 2.45) is 5.92 Å². The first-order valence-corrected chi connectivity index (χ1v) is 8.99. The van der Waals surface area contributed by atoms with Crippen LogP contribution in [0.4, 0.5) is 0 Å². The Hall–Kier alpha value is -2.17. The maximum atomic E-state index is 12.4. The van der Waals surface area contributed by atoms with Crippen molar-refractivity contribution in [2.75, 3.05) is 0 Å². The van der Waals surface area contributed by atoms with Crippen LogP contribution < -0.4 is 5.32 Å². The summed E-state index contributed by atoms with van der Waals surface area (Å²) in [6, 6.07) is 9.94. The van der Waals surface area contributed by atoms with E-state index >= 15 is 0 Å². The summed E-state index contributed by atoms with van der Waals surface area (Å²) in [4.78, 5) is 14.1. The molecule has 1 heterocycles. The van der Waals surface area contributed by atoms with E-state index < -0.39 is 0 Å². The van der Waals surface area contributed by atoms with E-state index in [4.69, 9.17) is 0 Å². The van der Waals surface area contributed by atoms with Gasteiger partial charge in [-0.15, -0.1) is 0 Å². The number of nitrogens with zero attached hydrogens (tertiary/aromatic N) is 3. The van der Waals surface area contributed by atoms with Gasteiger partial charge in [0.05, 0.1) is 25.0 Å². The molecule has 0 radical (unpaired) electrons. The van der Waals surface area contributed by atoms with Crippen LogP contribution in [0.1, 0.15) is 56.6 Å². The number of aromatic nitrogens is 3.